The van der Waals surface area contributed by atoms with Gasteiger partial charge in [0, 0.05) is 13.2 Å². The van der Waals surface area contributed by atoms with Crippen LogP contribution in [0.25, 0.3) is 0 Å². The Morgan fingerprint density at radius 3 is 2.56 bits per heavy atom. The van der Waals surface area contributed by atoms with Gasteiger partial charge in [-0.3, -0.25) is 19.7 Å². The van der Waals surface area contributed by atoms with Gasteiger partial charge in [-0.1, -0.05) is 26.2 Å². The summed E-state index contributed by atoms with van der Waals surface area (Å²) < 4.78 is 6.71. The van der Waals surface area contributed by atoms with Crippen LogP contribution in [0.2, 0.25) is 0 Å². The molecule has 0 atom stereocenters. The summed E-state index contributed by atoms with van der Waals surface area (Å²) >= 11 is 0. The molecule has 2 amide bonds. The summed E-state index contributed by atoms with van der Waals surface area (Å²) in [4.78, 5) is 35.8. The SMILES string of the molecule is CCCCC1CCC(C(=O)OCC(=O)NC(=O)c2cccn2C)CC1. The predicted octanol–water partition coefficient (Wildman–Crippen LogP) is 2.82. The smallest absolute Gasteiger partial charge is 0.309 e. The van der Waals surface area contributed by atoms with Crippen LogP contribution >= 0.6 is 0 Å². The molecule has 25 heavy (non-hydrogen) atoms. The molecule has 1 heterocycles. The molecule has 0 saturated heterocycles. The monoisotopic (exact) mass is 348 g/mol. The van der Waals surface area contributed by atoms with Gasteiger partial charge in [-0.25, -0.2) is 0 Å². The minimum Gasteiger partial charge on any atom is -0.455 e. The highest BCUT2D eigenvalue weighted by Crippen LogP contribution is 2.32. The number of hydrogen-bond donors (Lipinski definition) is 1. The van der Waals surface area contributed by atoms with Crippen molar-refractivity contribution in [2.45, 2.75) is 51.9 Å². The summed E-state index contributed by atoms with van der Waals surface area (Å²) in [5.74, 6) is -0.818. The molecular formula is C19H28N2O4. The highest BCUT2D eigenvalue weighted by Gasteiger charge is 2.27. The fourth-order valence-corrected chi connectivity index (χ4v) is 3.36. The molecule has 2 rings (SSSR count). The molecule has 1 saturated carbocycles. The van der Waals surface area contributed by atoms with Crippen LogP contribution < -0.4 is 5.32 Å². The molecular weight excluding hydrogens is 320 g/mol. The minimum atomic E-state index is -0.601. The standard InChI is InChI=1S/C19H28N2O4/c1-3-4-6-14-8-10-15(11-9-14)19(24)25-13-17(22)20-18(23)16-7-5-12-21(16)2/h5,7,12,14-15H,3-4,6,8-11,13H2,1-2H3,(H,20,22,23). The number of rotatable bonds is 7. The zero-order valence-corrected chi connectivity index (χ0v) is 15.1. The summed E-state index contributed by atoms with van der Waals surface area (Å²) in [6.45, 7) is 1.78. The quantitative estimate of drug-likeness (QED) is 0.769. The third-order valence-corrected chi connectivity index (χ3v) is 4.92. The zero-order valence-electron chi connectivity index (χ0n) is 15.1. The summed E-state index contributed by atoms with van der Waals surface area (Å²) in [7, 11) is 1.72. The maximum atomic E-state index is 12.1. The Kier molecular flexibility index (Phi) is 7.22. The number of amides is 2. The number of unbranched alkanes of at least 4 members (excludes halogenated alkanes) is 1. The molecule has 0 unspecified atom stereocenters. The van der Waals surface area contributed by atoms with E-state index in [-0.39, 0.29) is 11.9 Å². The lowest BCUT2D eigenvalue weighted by molar-refractivity contribution is -0.153. The van der Waals surface area contributed by atoms with Crippen molar-refractivity contribution in [2.75, 3.05) is 6.61 Å². The van der Waals surface area contributed by atoms with Crippen molar-refractivity contribution in [3.63, 3.8) is 0 Å². The van der Waals surface area contributed by atoms with Crippen molar-refractivity contribution in [3.05, 3.63) is 24.0 Å². The van der Waals surface area contributed by atoms with Gasteiger partial charge in [0.05, 0.1) is 5.92 Å². The predicted molar refractivity (Wildman–Crippen MR) is 93.8 cm³/mol. The number of aromatic nitrogens is 1. The Hall–Kier alpha value is -2.11. The van der Waals surface area contributed by atoms with Crippen molar-refractivity contribution in [1.29, 1.82) is 0 Å². The van der Waals surface area contributed by atoms with Crippen molar-refractivity contribution < 1.29 is 19.1 Å². The van der Waals surface area contributed by atoms with Gasteiger partial charge in [-0.2, -0.15) is 0 Å². The van der Waals surface area contributed by atoms with Crippen LogP contribution in [-0.4, -0.2) is 29.0 Å². The fraction of sp³-hybridized carbons (Fsp3) is 0.632. The molecule has 0 radical (unpaired) electrons. The molecule has 0 bridgehead atoms. The third kappa shape index (κ3) is 5.73. The van der Waals surface area contributed by atoms with E-state index in [9.17, 15) is 14.4 Å². The molecule has 1 aliphatic rings. The Bertz CT molecular complexity index is 600. The summed E-state index contributed by atoms with van der Waals surface area (Å²) in [6.07, 6.45) is 9.18. The largest absolute Gasteiger partial charge is 0.455 e. The maximum Gasteiger partial charge on any atom is 0.309 e. The first-order valence-corrected chi connectivity index (χ1v) is 9.13. The third-order valence-electron chi connectivity index (χ3n) is 4.92. The van der Waals surface area contributed by atoms with Gasteiger partial charge >= 0.3 is 5.97 Å². The lowest BCUT2D eigenvalue weighted by atomic mass is 9.80. The van der Waals surface area contributed by atoms with Crippen LogP contribution in [0.1, 0.15) is 62.4 Å². The molecule has 1 N–H and O–H groups in total. The van der Waals surface area contributed by atoms with Crippen LogP contribution in [0.4, 0.5) is 0 Å². The molecule has 0 aromatic carbocycles. The number of nitrogens with zero attached hydrogens (tertiary/aromatic N) is 1. The van der Waals surface area contributed by atoms with E-state index in [1.54, 1.807) is 29.9 Å². The number of aryl methyl sites for hydroxylation is 1. The van der Waals surface area contributed by atoms with E-state index in [1.165, 1.54) is 19.3 Å². The topological polar surface area (TPSA) is 77.4 Å². The van der Waals surface area contributed by atoms with E-state index in [1.807, 2.05) is 0 Å². The van der Waals surface area contributed by atoms with Gasteiger partial charge in [0.15, 0.2) is 6.61 Å². The Morgan fingerprint density at radius 2 is 1.96 bits per heavy atom. The van der Waals surface area contributed by atoms with Crippen molar-refractivity contribution in [1.82, 2.24) is 9.88 Å². The average molecular weight is 348 g/mol. The second kappa shape index (κ2) is 9.39. The molecule has 6 nitrogen and oxygen atoms in total. The number of esters is 1. The van der Waals surface area contributed by atoms with E-state index in [2.05, 4.69) is 12.2 Å². The first-order valence-electron chi connectivity index (χ1n) is 9.13. The van der Waals surface area contributed by atoms with E-state index in [0.717, 1.165) is 31.6 Å². The highest BCUT2D eigenvalue weighted by atomic mass is 16.5. The van der Waals surface area contributed by atoms with E-state index in [0.29, 0.717) is 5.69 Å². The summed E-state index contributed by atoms with van der Waals surface area (Å²) in [5, 5.41) is 2.24. The Balaban J connectivity index is 1.69. The molecule has 0 spiro atoms. The first kappa shape index (κ1) is 19.2. The highest BCUT2D eigenvalue weighted by molar-refractivity contribution is 6.04. The summed E-state index contributed by atoms with van der Waals surface area (Å²) in [6, 6.07) is 3.34. The number of ether oxygens (including phenoxy) is 1. The van der Waals surface area contributed by atoms with Gasteiger partial charge in [-0.05, 0) is 43.7 Å². The number of carbonyl (C=O) groups is 3. The fourth-order valence-electron chi connectivity index (χ4n) is 3.36. The van der Waals surface area contributed by atoms with Crippen LogP contribution in [0.5, 0.6) is 0 Å². The second-order valence-electron chi connectivity index (χ2n) is 6.85. The van der Waals surface area contributed by atoms with E-state index >= 15 is 0 Å². The minimum absolute atomic E-state index is 0.116. The van der Waals surface area contributed by atoms with Crippen LogP contribution in [0.15, 0.2) is 18.3 Å². The lowest BCUT2D eigenvalue weighted by Crippen LogP contribution is -2.36. The normalized spacial score (nSPS) is 20.1. The molecule has 1 fully saturated rings. The molecule has 138 valence electrons. The number of imide groups is 1. The van der Waals surface area contributed by atoms with E-state index in [4.69, 9.17) is 4.74 Å². The lowest BCUT2D eigenvalue weighted by Gasteiger charge is -2.27. The average Bonchev–Trinajstić information content (AvgIpc) is 3.04. The van der Waals surface area contributed by atoms with Gasteiger partial charge in [-0.15, -0.1) is 0 Å². The van der Waals surface area contributed by atoms with Crippen molar-refractivity contribution >= 4 is 17.8 Å². The van der Waals surface area contributed by atoms with Crippen molar-refractivity contribution in [2.24, 2.45) is 18.9 Å². The Labute approximate surface area is 148 Å². The van der Waals surface area contributed by atoms with Gasteiger partial charge in [0.25, 0.3) is 11.8 Å². The second-order valence-corrected chi connectivity index (χ2v) is 6.85. The van der Waals surface area contributed by atoms with E-state index < -0.39 is 18.4 Å². The zero-order chi connectivity index (χ0) is 18.2. The molecule has 1 aromatic heterocycles. The number of hydrogen-bond acceptors (Lipinski definition) is 4. The van der Waals surface area contributed by atoms with Crippen LogP contribution in [-0.2, 0) is 21.4 Å². The van der Waals surface area contributed by atoms with Crippen LogP contribution in [0, 0.1) is 11.8 Å². The first-order chi connectivity index (χ1) is 12.0. The van der Waals surface area contributed by atoms with Gasteiger partial charge in [0.1, 0.15) is 5.69 Å². The molecule has 1 aliphatic carbocycles. The summed E-state index contributed by atoms with van der Waals surface area (Å²) in [5.41, 5.74) is 0.380. The van der Waals surface area contributed by atoms with Crippen LogP contribution in [0.3, 0.4) is 0 Å². The maximum absolute atomic E-state index is 12.1. The van der Waals surface area contributed by atoms with Gasteiger partial charge < -0.3 is 9.30 Å². The molecule has 6 heteroatoms. The Morgan fingerprint density at radius 1 is 1.24 bits per heavy atom. The van der Waals surface area contributed by atoms with Gasteiger partial charge in [0.2, 0.25) is 0 Å². The van der Waals surface area contributed by atoms with Crippen molar-refractivity contribution in [3.8, 4) is 0 Å². The molecule has 0 aliphatic heterocycles. The number of carbonyl (C=O) groups excluding carboxylic acids is 3. The number of nitrogens with one attached hydrogen (secondary N) is 1. The molecule has 1 aromatic rings.